The number of amides is 2. The van der Waals surface area contributed by atoms with Crippen LogP contribution in [0.3, 0.4) is 0 Å². The van der Waals surface area contributed by atoms with E-state index in [-0.39, 0.29) is 28.9 Å². The molecule has 0 saturated carbocycles. The number of β-lactam (4-membered cyclic amide) rings is 1. The maximum Gasteiger partial charge on any atom is 0.353 e. The summed E-state index contributed by atoms with van der Waals surface area (Å²) in [5, 5.41) is 15.5. The van der Waals surface area contributed by atoms with Gasteiger partial charge in [-0.3, -0.25) is 14.5 Å². The number of nitrogens with zero attached hydrogens (tertiary/aromatic N) is 1. The molecule has 1 aromatic heterocycles. The van der Waals surface area contributed by atoms with Gasteiger partial charge in [-0.15, -0.1) is 11.8 Å². The summed E-state index contributed by atoms with van der Waals surface area (Å²) >= 11 is 7.24. The Bertz CT molecular complexity index is 988. The number of hydrogen-bond acceptors (Lipinski definition) is 6. The molecule has 1 saturated heterocycles. The monoisotopic (exact) mass is 407 g/mol. The number of rotatable bonds is 5. The zero-order valence-corrected chi connectivity index (χ0v) is 15.3. The van der Waals surface area contributed by atoms with E-state index in [1.54, 1.807) is 18.4 Å². The first-order chi connectivity index (χ1) is 13.0. The quantitative estimate of drug-likeness (QED) is 0.647. The minimum atomic E-state index is -1.25. The molecule has 140 valence electrons. The van der Waals surface area contributed by atoms with Crippen molar-refractivity contribution in [2.24, 2.45) is 0 Å². The third-order valence-electron chi connectivity index (χ3n) is 4.35. The zero-order valence-electron chi connectivity index (χ0n) is 13.8. The number of fused-ring (bicyclic) bond motifs is 2. The Morgan fingerprint density at radius 1 is 1.37 bits per heavy atom. The van der Waals surface area contributed by atoms with Gasteiger partial charge in [0.15, 0.2) is 0 Å². The summed E-state index contributed by atoms with van der Waals surface area (Å²) in [5.74, 6) is -1.80. The van der Waals surface area contributed by atoms with Crippen LogP contribution >= 0.6 is 23.4 Å². The van der Waals surface area contributed by atoms with E-state index in [1.807, 2.05) is 12.1 Å². The number of aliphatic carboxylic acids is 1. The van der Waals surface area contributed by atoms with Crippen molar-refractivity contribution in [1.29, 1.82) is 0 Å². The molecular weight excluding hydrogens is 394 g/mol. The van der Waals surface area contributed by atoms with Crippen molar-refractivity contribution in [2.75, 3.05) is 17.6 Å². The molecule has 4 rings (SSSR count). The fraction of sp³-hybridized carbons (Fsp3) is 0.235. The molecule has 27 heavy (non-hydrogen) atoms. The zero-order chi connectivity index (χ0) is 19.1. The third kappa shape index (κ3) is 3.13. The number of halogens is 1. The maximum atomic E-state index is 12.3. The fourth-order valence-corrected chi connectivity index (χ4v) is 4.62. The van der Waals surface area contributed by atoms with Gasteiger partial charge in [0.1, 0.15) is 22.7 Å². The first-order valence-electron chi connectivity index (χ1n) is 8.03. The number of nitrogens with one attached hydrogen (secondary N) is 2. The fourth-order valence-electron chi connectivity index (χ4n) is 3.07. The highest BCUT2D eigenvalue weighted by molar-refractivity contribution is 8.00. The highest BCUT2D eigenvalue weighted by Gasteiger charge is 2.54. The van der Waals surface area contributed by atoms with Crippen LogP contribution in [0.2, 0.25) is 0 Å². The highest BCUT2D eigenvalue weighted by atomic mass is 35.5. The van der Waals surface area contributed by atoms with Crippen LogP contribution in [0.4, 0.5) is 5.69 Å². The predicted molar refractivity (Wildman–Crippen MR) is 100 cm³/mol. The van der Waals surface area contributed by atoms with Crippen LogP contribution in [-0.4, -0.2) is 51.5 Å². The number of furan rings is 1. The largest absolute Gasteiger partial charge is 0.477 e. The van der Waals surface area contributed by atoms with Crippen LogP contribution in [0.5, 0.6) is 0 Å². The average Bonchev–Trinajstić information content (AvgIpc) is 3.11. The first kappa shape index (κ1) is 17.7. The van der Waals surface area contributed by atoms with E-state index in [0.717, 1.165) is 21.6 Å². The number of carbonyl (C=O) groups excluding carboxylic acids is 2. The molecule has 2 amide bonds. The number of benzene rings is 1. The van der Waals surface area contributed by atoms with Crippen molar-refractivity contribution >= 4 is 57.8 Å². The lowest BCUT2D eigenvalue weighted by Crippen LogP contribution is -2.70. The van der Waals surface area contributed by atoms with Crippen molar-refractivity contribution in [2.45, 2.75) is 11.4 Å². The molecule has 2 aliphatic heterocycles. The van der Waals surface area contributed by atoms with E-state index < -0.39 is 23.3 Å². The molecule has 0 aliphatic carbocycles. The van der Waals surface area contributed by atoms with E-state index in [0.29, 0.717) is 0 Å². The van der Waals surface area contributed by atoms with Gasteiger partial charge in [0.05, 0.1) is 17.8 Å². The van der Waals surface area contributed by atoms with Crippen molar-refractivity contribution < 1.29 is 23.9 Å². The van der Waals surface area contributed by atoms with Gasteiger partial charge in [-0.05, 0) is 24.3 Å². The van der Waals surface area contributed by atoms with Crippen molar-refractivity contribution in [3.8, 4) is 0 Å². The van der Waals surface area contributed by atoms with Gasteiger partial charge in [0, 0.05) is 16.8 Å². The molecule has 2 aliphatic rings. The molecule has 1 unspecified atom stereocenters. The second kappa shape index (κ2) is 6.82. The Balaban J connectivity index is 1.36. The number of hydrogen-bond donors (Lipinski definition) is 3. The lowest BCUT2D eigenvalue weighted by atomic mass is 10.1. The first-order valence-corrected chi connectivity index (χ1v) is 9.45. The summed E-state index contributed by atoms with van der Waals surface area (Å²) in [6, 6.07) is 6.50. The van der Waals surface area contributed by atoms with Gasteiger partial charge in [-0.1, -0.05) is 11.6 Å². The van der Waals surface area contributed by atoms with E-state index >= 15 is 0 Å². The van der Waals surface area contributed by atoms with Crippen LogP contribution in [-0.2, 0) is 14.4 Å². The highest BCUT2D eigenvalue weighted by Crippen LogP contribution is 2.41. The Labute approximate surface area is 162 Å². The smallest absolute Gasteiger partial charge is 0.353 e. The third-order valence-corrected chi connectivity index (χ3v) is 6.10. The summed E-state index contributed by atoms with van der Waals surface area (Å²) in [7, 11) is 0. The number of carbonyl (C=O) groups is 3. The Hall–Kier alpha value is -2.65. The molecule has 0 spiro atoms. The molecule has 3 heterocycles. The van der Waals surface area contributed by atoms with Gasteiger partial charge >= 0.3 is 5.97 Å². The normalized spacial score (nSPS) is 21.7. The topological polar surface area (TPSA) is 112 Å². The van der Waals surface area contributed by atoms with Crippen molar-refractivity contribution in [1.82, 2.24) is 10.2 Å². The van der Waals surface area contributed by atoms with Crippen LogP contribution < -0.4 is 10.6 Å². The lowest BCUT2D eigenvalue weighted by Gasteiger charge is -2.48. The molecule has 8 nitrogen and oxygen atoms in total. The molecule has 2 aromatic rings. The predicted octanol–water partition coefficient (Wildman–Crippen LogP) is 1.78. The van der Waals surface area contributed by atoms with Gasteiger partial charge in [0.2, 0.25) is 5.91 Å². The van der Waals surface area contributed by atoms with E-state index in [9.17, 15) is 19.5 Å². The van der Waals surface area contributed by atoms with E-state index in [2.05, 4.69) is 10.6 Å². The lowest BCUT2D eigenvalue weighted by molar-refractivity contribution is -0.150. The van der Waals surface area contributed by atoms with Crippen molar-refractivity contribution in [3.63, 3.8) is 0 Å². The summed E-state index contributed by atoms with van der Waals surface area (Å²) in [5.41, 5.74) is 1.29. The molecule has 0 radical (unpaired) electrons. The standard InChI is InChI=1S/C17H14ClN3O5S/c18-10-7-27-16-13(15(23)21(16)14(10)17(24)25)20-12(22)6-19-9-1-2-11-8(5-9)3-4-26-11/h1-5,13,16,19H,6-7H2,(H,20,22)(H,24,25)/t13?,16-/m0/s1. The number of carboxylic acids is 1. The molecular formula is C17H14ClN3O5S. The second-order valence-corrected chi connectivity index (χ2v) is 7.60. The number of carboxylic acid groups (broad SMARTS) is 1. The van der Waals surface area contributed by atoms with Crippen LogP contribution in [0.25, 0.3) is 11.0 Å². The summed E-state index contributed by atoms with van der Waals surface area (Å²) in [6.07, 6.45) is 1.59. The van der Waals surface area contributed by atoms with Crippen LogP contribution in [0.15, 0.2) is 45.7 Å². The molecule has 3 N–H and O–H groups in total. The molecule has 10 heteroatoms. The number of anilines is 1. The van der Waals surface area contributed by atoms with E-state index in [1.165, 1.54) is 11.8 Å². The van der Waals surface area contributed by atoms with Crippen molar-refractivity contribution in [3.05, 3.63) is 41.3 Å². The van der Waals surface area contributed by atoms with Crippen LogP contribution in [0, 0.1) is 0 Å². The Kier molecular flexibility index (Phi) is 4.48. The summed E-state index contributed by atoms with van der Waals surface area (Å²) in [4.78, 5) is 36.9. The average molecular weight is 408 g/mol. The Morgan fingerprint density at radius 3 is 2.96 bits per heavy atom. The minimum absolute atomic E-state index is 0.0209. The summed E-state index contributed by atoms with van der Waals surface area (Å²) in [6.45, 7) is -0.0209. The molecule has 0 bridgehead atoms. The molecule has 1 fully saturated rings. The number of thioether (sulfide) groups is 1. The van der Waals surface area contributed by atoms with Gasteiger partial charge in [-0.25, -0.2) is 4.79 Å². The summed E-state index contributed by atoms with van der Waals surface area (Å²) < 4.78 is 5.26. The van der Waals surface area contributed by atoms with Crippen LogP contribution in [0.1, 0.15) is 0 Å². The molecule has 2 atom stereocenters. The SMILES string of the molecule is O=C(CNc1ccc2occc2c1)NC1C(=O)N2C(C(=O)O)=C(Cl)CS[C@@H]12. The maximum absolute atomic E-state index is 12.3. The van der Waals surface area contributed by atoms with E-state index in [4.69, 9.17) is 16.0 Å². The second-order valence-electron chi connectivity index (χ2n) is 6.04. The molecule has 1 aromatic carbocycles. The minimum Gasteiger partial charge on any atom is -0.477 e. The van der Waals surface area contributed by atoms with Gasteiger partial charge in [0.25, 0.3) is 5.91 Å². The van der Waals surface area contributed by atoms with Gasteiger partial charge < -0.3 is 20.2 Å². The van der Waals surface area contributed by atoms with Gasteiger partial charge in [-0.2, -0.15) is 0 Å². The Morgan fingerprint density at radius 2 is 2.19 bits per heavy atom.